The van der Waals surface area contributed by atoms with E-state index in [0.717, 1.165) is 17.1 Å². The SMILES string of the molecule is I.NC(=NCC(CO)Cc1ccccn1)Nc1cccc(Oc2ccccc2)c1. The van der Waals surface area contributed by atoms with Crippen molar-refractivity contribution in [2.75, 3.05) is 18.5 Å². The van der Waals surface area contributed by atoms with Crippen LogP contribution in [0.5, 0.6) is 11.5 Å². The minimum Gasteiger partial charge on any atom is -0.457 e. The summed E-state index contributed by atoms with van der Waals surface area (Å²) in [6, 6.07) is 22.8. The van der Waals surface area contributed by atoms with E-state index in [4.69, 9.17) is 10.5 Å². The molecule has 0 aliphatic carbocycles. The largest absolute Gasteiger partial charge is 0.457 e. The Balaban J connectivity index is 0.00000300. The molecular formula is C22H25IN4O2. The molecule has 7 heteroatoms. The van der Waals surface area contributed by atoms with Gasteiger partial charge in [-0.2, -0.15) is 0 Å². The summed E-state index contributed by atoms with van der Waals surface area (Å²) in [5.74, 6) is 1.72. The third-order valence-electron chi connectivity index (χ3n) is 4.09. The second-order valence-electron chi connectivity index (χ2n) is 6.37. The zero-order valence-electron chi connectivity index (χ0n) is 15.9. The standard InChI is InChI=1S/C22H24N4O2.HI/c23-22(25-15-17(16-27)13-18-7-4-5-12-24-18)26-19-8-6-11-21(14-19)28-20-9-2-1-3-10-20;/h1-12,14,17,27H,13,15-16H2,(H3,23,25,26);1H. The Hall–Kier alpha value is -2.65. The van der Waals surface area contributed by atoms with Gasteiger partial charge in [-0.25, -0.2) is 0 Å². The lowest BCUT2D eigenvalue weighted by molar-refractivity contribution is 0.229. The molecule has 0 bridgehead atoms. The van der Waals surface area contributed by atoms with Crippen LogP contribution >= 0.6 is 24.0 Å². The van der Waals surface area contributed by atoms with E-state index >= 15 is 0 Å². The fourth-order valence-electron chi connectivity index (χ4n) is 2.68. The smallest absolute Gasteiger partial charge is 0.193 e. The molecule has 1 unspecified atom stereocenters. The molecule has 0 aliphatic heterocycles. The average Bonchev–Trinajstić information content (AvgIpc) is 2.73. The number of aliphatic imine (C=N–C) groups is 1. The van der Waals surface area contributed by atoms with Crippen LogP contribution in [0.1, 0.15) is 5.69 Å². The van der Waals surface area contributed by atoms with E-state index < -0.39 is 0 Å². The summed E-state index contributed by atoms with van der Waals surface area (Å²) in [4.78, 5) is 8.64. The fraction of sp³-hybridized carbons (Fsp3) is 0.182. The van der Waals surface area contributed by atoms with Gasteiger partial charge in [0.25, 0.3) is 0 Å². The van der Waals surface area contributed by atoms with Crippen molar-refractivity contribution in [3.05, 3.63) is 84.7 Å². The Morgan fingerprint density at radius 2 is 1.79 bits per heavy atom. The first-order valence-electron chi connectivity index (χ1n) is 9.13. The van der Waals surface area contributed by atoms with Crippen molar-refractivity contribution >= 4 is 35.6 Å². The van der Waals surface area contributed by atoms with Gasteiger partial charge in [-0.1, -0.05) is 30.3 Å². The molecule has 0 spiro atoms. The molecule has 2 aromatic carbocycles. The summed E-state index contributed by atoms with van der Waals surface area (Å²) >= 11 is 0. The molecular weight excluding hydrogens is 479 g/mol. The first-order valence-corrected chi connectivity index (χ1v) is 9.13. The summed E-state index contributed by atoms with van der Waals surface area (Å²) in [5, 5.41) is 12.7. The molecule has 3 rings (SSSR count). The number of anilines is 1. The topological polar surface area (TPSA) is 92.8 Å². The number of rotatable bonds is 8. The van der Waals surface area contributed by atoms with Gasteiger partial charge in [0.2, 0.25) is 0 Å². The minimum absolute atomic E-state index is 0. The molecule has 29 heavy (non-hydrogen) atoms. The second-order valence-corrected chi connectivity index (χ2v) is 6.37. The van der Waals surface area contributed by atoms with Crippen molar-refractivity contribution in [3.63, 3.8) is 0 Å². The number of halogens is 1. The van der Waals surface area contributed by atoms with Crippen LogP contribution in [-0.2, 0) is 6.42 Å². The van der Waals surface area contributed by atoms with Crippen LogP contribution in [0.25, 0.3) is 0 Å². The molecule has 1 heterocycles. The van der Waals surface area contributed by atoms with Gasteiger partial charge >= 0.3 is 0 Å². The van der Waals surface area contributed by atoms with Crippen LogP contribution in [-0.4, -0.2) is 29.2 Å². The van der Waals surface area contributed by atoms with Gasteiger partial charge in [-0.15, -0.1) is 24.0 Å². The van der Waals surface area contributed by atoms with Crippen LogP contribution in [0.2, 0.25) is 0 Å². The monoisotopic (exact) mass is 504 g/mol. The van der Waals surface area contributed by atoms with E-state index in [1.807, 2.05) is 72.8 Å². The average molecular weight is 504 g/mol. The van der Waals surface area contributed by atoms with Crippen LogP contribution < -0.4 is 15.8 Å². The van der Waals surface area contributed by atoms with E-state index in [1.54, 1.807) is 6.20 Å². The first-order chi connectivity index (χ1) is 13.7. The highest BCUT2D eigenvalue weighted by Crippen LogP contribution is 2.23. The molecule has 3 aromatic rings. The van der Waals surface area contributed by atoms with Gasteiger partial charge < -0.3 is 20.9 Å². The Morgan fingerprint density at radius 1 is 1.03 bits per heavy atom. The minimum atomic E-state index is -0.0389. The lowest BCUT2D eigenvalue weighted by Gasteiger charge is -2.12. The molecule has 4 N–H and O–H groups in total. The number of hydrogen-bond donors (Lipinski definition) is 3. The lowest BCUT2D eigenvalue weighted by Crippen LogP contribution is -2.25. The van der Waals surface area contributed by atoms with E-state index in [-0.39, 0.29) is 42.5 Å². The molecule has 0 amide bonds. The summed E-state index contributed by atoms with van der Waals surface area (Å²) in [5.41, 5.74) is 7.71. The van der Waals surface area contributed by atoms with Gasteiger partial charge in [-0.3, -0.25) is 9.98 Å². The summed E-state index contributed by atoms with van der Waals surface area (Å²) < 4.78 is 5.82. The fourth-order valence-corrected chi connectivity index (χ4v) is 2.68. The van der Waals surface area contributed by atoms with Crippen LogP contribution in [0, 0.1) is 5.92 Å². The second kappa shape index (κ2) is 12.0. The molecule has 0 radical (unpaired) electrons. The van der Waals surface area contributed by atoms with E-state index in [1.165, 1.54) is 0 Å². The number of hydrogen-bond acceptors (Lipinski definition) is 4. The van der Waals surface area contributed by atoms with Crippen LogP contribution in [0.4, 0.5) is 5.69 Å². The highest BCUT2D eigenvalue weighted by atomic mass is 127. The molecule has 1 aromatic heterocycles. The third-order valence-corrected chi connectivity index (χ3v) is 4.09. The highest BCUT2D eigenvalue weighted by molar-refractivity contribution is 14.0. The van der Waals surface area contributed by atoms with Crippen LogP contribution in [0.3, 0.4) is 0 Å². The number of aromatic nitrogens is 1. The summed E-state index contributed by atoms with van der Waals surface area (Å²) in [7, 11) is 0. The van der Waals surface area contributed by atoms with E-state index in [9.17, 15) is 5.11 Å². The Labute approximate surface area is 187 Å². The zero-order chi connectivity index (χ0) is 19.6. The van der Waals surface area contributed by atoms with Crippen molar-refractivity contribution in [1.82, 2.24) is 4.98 Å². The Kier molecular flexibility index (Phi) is 9.39. The van der Waals surface area contributed by atoms with Gasteiger partial charge in [0, 0.05) is 42.7 Å². The number of aliphatic hydroxyl groups is 1. The first kappa shape index (κ1) is 22.6. The molecule has 6 nitrogen and oxygen atoms in total. The number of pyridine rings is 1. The number of guanidine groups is 1. The molecule has 1 atom stereocenters. The number of para-hydroxylation sites is 1. The maximum atomic E-state index is 9.59. The quantitative estimate of drug-likeness (QED) is 0.245. The van der Waals surface area contributed by atoms with Gasteiger partial charge in [0.1, 0.15) is 11.5 Å². The van der Waals surface area contributed by atoms with Gasteiger partial charge in [0.05, 0.1) is 0 Å². The third kappa shape index (κ3) is 7.71. The van der Waals surface area contributed by atoms with Gasteiger partial charge in [-0.05, 0) is 42.8 Å². The maximum Gasteiger partial charge on any atom is 0.193 e. The molecule has 0 fully saturated rings. The van der Waals surface area contributed by atoms with Crippen molar-refractivity contribution in [3.8, 4) is 11.5 Å². The maximum absolute atomic E-state index is 9.59. The molecule has 152 valence electrons. The number of nitrogens with one attached hydrogen (secondary N) is 1. The van der Waals surface area contributed by atoms with E-state index in [0.29, 0.717) is 18.7 Å². The number of ether oxygens (including phenoxy) is 1. The normalized spacial score (nSPS) is 12.0. The predicted octanol–water partition coefficient (Wildman–Crippen LogP) is 4.07. The van der Waals surface area contributed by atoms with E-state index in [2.05, 4.69) is 15.3 Å². The zero-order valence-corrected chi connectivity index (χ0v) is 18.3. The number of nitrogens with zero attached hydrogens (tertiary/aromatic N) is 2. The van der Waals surface area contributed by atoms with Gasteiger partial charge in [0.15, 0.2) is 5.96 Å². The Bertz CT molecular complexity index is 892. The van der Waals surface area contributed by atoms with Crippen molar-refractivity contribution in [2.24, 2.45) is 16.6 Å². The summed E-state index contributed by atoms with van der Waals surface area (Å²) in [6.45, 7) is 0.430. The molecule has 0 saturated carbocycles. The number of nitrogens with two attached hydrogens (primary N) is 1. The lowest BCUT2D eigenvalue weighted by atomic mass is 10.0. The predicted molar refractivity (Wildman–Crippen MR) is 127 cm³/mol. The molecule has 0 aliphatic rings. The van der Waals surface area contributed by atoms with Crippen molar-refractivity contribution in [2.45, 2.75) is 6.42 Å². The number of benzene rings is 2. The Morgan fingerprint density at radius 3 is 2.52 bits per heavy atom. The highest BCUT2D eigenvalue weighted by Gasteiger charge is 2.09. The van der Waals surface area contributed by atoms with Crippen LogP contribution in [0.15, 0.2) is 84.0 Å². The van der Waals surface area contributed by atoms with Crippen molar-refractivity contribution < 1.29 is 9.84 Å². The molecule has 0 saturated heterocycles. The van der Waals surface area contributed by atoms with Crippen molar-refractivity contribution in [1.29, 1.82) is 0 Å². The summed E-state index contributed by atoms with van der Waals surface area (Å²) in [6.07, 6.45) is 2.39. The number of aliphatic hydroxyl groups excluding tert-OH is 1.